The van der Waals surface area contributed by atoms with Crippen LogP contribution in [0.5, 0.6) is 0 Å². The molecule has 0 saturated heterocycles. The summed E-state index contributed by atoms with van der Waals surface area (Å²) >= 11 is 0. The summed E-state index contributed by atoms with van der Waals surface area (Å²) in [6.45, 7) is 6.18. The van der Waals surface area contributed by atoms with Crippen LogP contribution < -0.4 is 10.6 Å². The molecule has 0 amide bonds. The monoisotopic (exact) mass is 241 g/mol. The Morgan fingerprint density at radius 3 is 2.11 bits per heavy atom. The predicted octanol–water partition coefficient (Wildman–Crippen LogP) is 3.36. The van der Waals surface area contributed by atoms with Gasteiger partial charge >= 0.3 is 0 Å². The van der Waals surface area contributed by atoms with E-state index in [1.165, 1.54) is 11.1 Å². The number of anilines is 3. The van der Waals surface area contributed by atoms with Crippen LogP contribution in [-0.4, -0.2) is 12.0 Å². The Balaban J connectivity index is 2.44. The van der Waals surface area contributed by atoms with E-state index in [1.807, 2.05) is 31.1 Å². The summed E-state index contributed by atoms with van der Waals surface area (Å²) in [5, 5.41) is 0. The number of aryl methyl sites for hydroxylation is 3. The van der Waals surface area contributed by atoms with Crippen molar-refractivity contribution in [2.75, 3.05) is 17.7 Å². The molecule has 0 atom stereocenters. The van der Waals surface area contributed by atoms with Gasteiger partial charge in [-0.15, -0.1) is 0 Å². The van der Waals surface area contributed by atoms with Gasteiger partial charge in [-0.1, -0.05) is 6.07 Å². The lowest BCUT2D eigenvalue weighted by Crippen LogP contribution is -2.13. The van der Waals surface area contributed by atoms with E-state index in [2.05, 4.69) is 37.0 Å². The molecule has 0 aliphatic carbocycles. The van der Waals surface area contributed by atoms with Gasteiger partial charge in [0.2, 0.25) is 0 Å². The molecular formula is C15H19N3. The van der Waals surface area contributed by atoms with Gasteiger partial charge in [0.15, 0.2) is 5.82 Å². The molecule has 2 rings (SSSR count). The number of nitrogens with two attached hydrogens (primary N) is 1. The van der Waals surface area contributed by atoms with Gasteiger partial charge in [-0.25, -0.2) is 4.98 Å². The van der Waals surface area contributed by atoms with E-state index in [9.17, 15) is 0 Å². The molecule has 1 aromatic carbocycles. The van der Waals surface area contributed by atoms with E-state index in [1.54, 1.807) is 0 Å². The van der Waals surface area contributed by atoms with Crippen molar-refractivity contribution in [3.63, 3.8) is 0 Å². The zero-order valence-electron chi connectivity index (χ0n) is 11.4. The van der Waals surface area contributed by atoms with Gasteiger partial charge in [0.1, 0.15) is 0 Å². The van der Waals surface area contributed by atoms with Gasteiger partial charge < -0.3 is 10.6 Å². The Labute approximate surface area is 108 Å². The molecule has 0 unspecified atom stereocenters. The topological polar surface area (TPSA) is 42.2 Å². The maximum atomic E-state index is 6.03. The fourth-order valence-electron chi connectivity index (χ4n) is 2.13. The summed E-state index contributed by atoms with van der Waals surface area (Å²) in [5.74, 6) is 0.797. The molecule has 1 aromatic heterocycles. The first-order valence-electron chi connectivity index (χ1n) is 6.01. The van der Waals surface area contributed by atoms with Crippen molar-refractivity contribution in [1.82, 2.24) is 4.98 Å². The Hall–Kier alpha value is -2.03. The molecule has 0 spiro atoms. The van der Waals surface area contributed by atoms with Gasteiger partial charge in [0.05, 0.1) is 5.69 Å². The first kappa shape index (κ1) is 12.4. The summed E-state index contributed by atoms with van der Waals surface area (Å²) in [5.41, 5.74) is 11.4. The van der Waals surface area contributed by atoms with Gasteiger partial charge in [-0.2, -0.15) is 0 Å². The molecular weight excluding hydrogens is 222 g/mol. The van der Waals surface area contributed by atoms with E-state index in [-0.39, 0.29) is 0 Å². The van der Waals surface area contributed by atoms with E-state index in [0.717, 1.165) is 17.1 Å². The molecule has 3 nitrogen and oxygen atoms in total. The van der Waals surface area contributed by atoms with Crippen LogP contribution in [0.4, 0.5) is 17.2 Å². The molecule has 94 valence electrons. The second-order valence-corrected chi connectivity index (χ2v) is 4.83. The van der Waals surface area contributed by atoms with Crippen molar-refractivity contribution in [2.45, 2.75) is 20.8 Å². The Kier molecular flexibility index (Phi) is 3.24. The Bertz CT molecular complexity index is 556. The standard InChI is InChI=1S/C15H19N3/c1-10-5-11(2)7-13(6-10)18(4)15-14(16)8-12(3)9-17-15/h5-9H,16H2,1-4H3. The molecule has 0 bridgehead atoms. The van der Waals surface area contributed by atoms with Crippen molar-refractivity contribution in [1.29, 1.82) is 0 Å². The lowest BCUT2D eigenvalue weighted by molar-refractivity contribution is 1.11. The Morgan fingerprint density at radius 1 is 0.944 bits per heavy atom. The van der Waals surface area contributed by atoms with Crippen LogP contribution in [-0.2, 0) is 0 Å². The summed E-state index contributed by atoms with van der Waals surface area (Å²) in [6.07, 6.45) is 1.84. The third kappa shape index (κ3) is 2.45. The minimum absolute atomic E-state index is 0.705. The molecule has 3 heteroatoms. The van der Waals surface area contributed by atoms with Crippen molar-refractivity contribution in [2.24, 2.45) is 0 Å². The van der Waals surface area contributed by atoms with Gasteiger partial charge in [-0.3, -0.25) is 0 Å². The number of aromatic nitrogens is 1. The highest BCUT2D eigenvalue weighted by atomic mass is 15.2. The number of benzene rings is 1. The van der Waals surface area contributed by atoms with Gasteiger partial charge in [-0.05, 0) is 55.7 Å². The highest BCUT2D eigenvalue weighted by molar-refractivity contribution is 5.71. The summed E-state index contributed by atoms with van der Waals surface area (Å²) in [7, 11) is 1.99. The maximum Gasteiger partial charge on any atom is 0.155 e. The highest BCUT2D eigenvalue weighted by Crippen LogP contribution is 2.28. The average Bonchev–Trinajstić information content (AvgIpc) is 2.26. The molecule has 1 heterocycles. The van der Waals surface area contributed by atoms with Crippen molar-refractivity contribution >= 4 is 17.2 Å². The quantitative estimate of drug-likeness (QED) is 0.876. The van der Waals surface area contributed by atoms with Crippen LogP contribution in [0, 0.1) is 20.8 Å². The van der Waals surface area contributed by atoms with E-state index < -0.39 is 0 Å². The van der Waals surface area contributed by atoms with Crippen LogP contribution in [0.25, 0.3) is 0 Å². The van der Waals surface area contributed by atoms with Crippen molar-refractivity contribution in [3.05, 3.63) is 47.2 Å². The fourth-order valence-corrected chi connectivity index (χ4v) is 2.13. The van der Waals surface area contributed by atoms with Crippen molar-refractivity contribution in [3.8, 4) is 0 Å². The highest BCUT2D eigenvalue weighted by Gasteiger charge is 2.09. The van der Waals surface area contributed by atoms with Gasteiger partial charge in [0.25, 0.3) is 0 Å². The molecule has 18 heavy (non-hydrogen) atoms. The lowest BCUT2D eigenvalue weighted by atomic mass is 10.1. The maximum absolute atomic E-state index is 6.03. The van der Waals surface area contributed by atoms with E-state index in [4.69, 9.17) is 5.73 Å². The number of rotatable bonds is 2. The SMILES string of the molecule is Cc1cc(C)cc(N(C)c2ncc(C)cc2N)c1. The second kappa shape index (κ2) is 4.69. The zero-order chi connectivity index (χ0) is 13.3. The van der Waals surface area contributed by atoms with E-state index >= 15 is 0 Å². The third-order valence-corrected chi connectivity index (χ3v) is 2.94. The van der Waals surface area contributed by atoms with Crippen LogP contribution in [0.2, 0.25) is 0 Å². The summed E-state index contributed by atoms with van der Waals surface area (Å²) in [6, 6.07) is 8.37. The van der Waals surface area contributed by atoms with Crippen LogP contribution in [0.1, 0.15) is 16.7 Å². The van der Waals surface area contributed by atoms with Gasteiger partial charge in [0, 0.05) is 18.9 Å². The molecule has 2 aromatic rings. The summed E-state index contributed by atoms with van der Waals surface area (Å²) in [4.78, 5) is 6.44. The number of nitrogens with zero attached hydrogens (tertiary/aromatic N) is 2. The smallest absolute Gasteiger partial charge is 0.155 e. The largest absolute Gasteiger partial charge is 0.396 e. The first-order valence-corrected chi connectivity index (χ1v) is 6.01. The number of pyridine rings is 1. The minimum Gasteiger partial charge on any atom is -0.396 e. The predicted molar refractivity (Wildman–Crippen MR) is 77.4 cm³/mol. The van der Waals surface area contributed by atoms with Crippen molar-refractivity contribution < 1.29 is 0 Å². The van der Waals surface area contributed by atoms with Crippen LogP contribution >= 0.6 is 0 Å². The Morgan fingerprint density at radius 2 is 1.56 bits per heavy atom. The lowest BCUT2D eigenvalue weighted by Gasteiger charge is -2.21. The normalized spacial score (nSPS) is 10.4. The molecule has 2 N–H and O–H groups in total. The zero-order valence-corrected chi connectivity index (χ0v) is 11.4. The summed E-state index contributed by atoms with van der Waals surface area (Å²) < 4.78 is 0. The average molecular weight is 241 g/mol. The number of hydrogen-bond acceptors (Lipinski definition) is 3. The van der Waals surface area contributed by atoms with E-state index in [0.29, 0.717) is 5.69 Å². The fraction of sp³-hybridized carbons (Fsp3) is 0.267. The molecule has 0 fully saturated rings. The molecule has 0 aliphatic rings. The molecule has 0 aliphatic heterocycles. The molecule has 0 radical (unpaired) electrons. The number of nitrogen functional groups attached to an aromatic ring is 1. The first-order chi connectivity index (χ1) is 8.47. The minimum atomic E-state index is 0.705. The molecule has 0 saturated carbocycles. The number of hydrogen-bond donors (Lipinski definition) is 1. The van der Waals surface area contributed by atoms with Crippen LogP contribution in [0.15, 0.2) is 30.5 Å². The third-order valence-electron chi connectivity index (χ3n) is 2.94. The second-order valence-electron chi connectivity index (χ2n) is 4.83. The van der Waals surface area contributed by atoms with Crippen LogP contribution in [0.3, 0.4) is 0 Å².